The Morgan fingerprint density at radius 1 is 1.02 bits per heavy atom. The molecule has 2 aromatic heterocycles. The first-order valence-corrected chi connectivity index (χ1v) is 15.8. The van der Waals surface area contributed by atoms with Crippen LogP contribution in [0.3, 0.4) is 0 Å². The lowest BCUT2D eigenvalue weighted by atomic mass is 9.94. The Balaban J connectivity index is 1.35. The highest BCUT2D eigenvalue weighted by molar-refractivity contribution is 6.01. The van der Waals surface area contributed by atoms with Gasteiger partial charge in [-0.2, -0.15) is 9.97 Å². The van der Waals surface area contributed by atoms with Crippen LogP contribution in [0.15, 0.2) is 60.8 Å². The first-order valence-electron chi connectivity index (χ1n) is 15.8. The van der Waals surface area contributed by atoms with E-state index in [0.717, 1.165) is 24.9 Å². The lowest BCUT2D eigenvalue weighted by molar-refractivity contribution is 0.0512. The molecule has 0 unspecified atom stereocenters. The molecule has 0 spiro atoms. The number of fused-ring (bicyclic) bond motifs is 3. The van der Waals surface area contributed by atoms with Gasteiger partial charge in [-0.05, 0) is 65.9 Å². The number of ether oxygens (including phenoxy) is 4. The van der Waals surface area contributed by atoms with E-state index in [-0.39, 0.29) is 48.5 Å². The number of benzene rings is 3. The number of aromatic nitrogens is 3. The molecule has 0 aliphatic carbocycles. The SMILES string of the molecule is CCc1c(F)ccc2cc(OCOC)cc(-c3ncc4c(OCc5ccccc5)nc(OC[C@@]56CCCN5C[C@H](F)C6)nc4c3F)c12. The average Bonchev–Trinajstić information content (AvgIpc) is 3.61. The van der Waals surface area contributed by atoms with Gasteiger partial charge in [-0.15, -0.1) is 0 Å². The van der Waals surface area contributed by atoms with Crippen molar-refractivity contribution in [2.45, 2.75) is 50.9 Å². The number of aryl methyl sites for hydroxylation is 1. The Kier molecular flexibility index (Phi) is 8.59. The third kappa shape index (κ3) is 5.94. The third-order valence-corrected chi connectivity index (χ3v) is 9.17. The van der Waals surface area contributed by atoms with Crippen LogP contribution in [0, 0.1) is 11.6 Å². The van der Waals surface area contributed by atoms with Crippen molar-refractivity contribution in [1.29, 1.82) is 0 Å². The van der Waals surface area contributed by atoms with Crippen LogP contribution in [0.4, 0.5) is 13.2 Å². The number of methoxy groups -OCH3 is 1. The van der Waals surface area contributed by atoms with E-state index in [2.05, 4.69) is 19.9 Å². The monoisotopic (exact) mass is 644 g/mol. The standard InChI is InChI=1S/C36H35F3N4O4/c1-3-26-29(38)11-10-23-14-25(47-21-44-2)15-27(30(23)26)32-31(39)33-28(17-40-32)34(45-19-22-8-5-4-6-9-22)42-35(41-33)46-20-36-12-7-13-43(36)18-24(37)16-36/h4-6,8-11,14-15,17,24H,3,7,12-13,16,18-21H2,1-2H3/t24-,36+/m1/s1. The molecule has 5 aromatic rings. The summed E-state index contributed by atoms with van der Waals surface area (Å²) in [6.07, 6.45) is 3.02. The average molecular weight is 645 g/mol. The number of halogens is 3. The number of hydrogen-bond acceptors (Lipinski definition) is 8. The van der Waals surface area contributed by atoms with E-state index in [1.165, 1.54) is 19.4 Å². The van der Waals surface area contributed by atoms with Crippen LogP contribution < -0.4 is 14.2 Å². The van der Waals surface area contributed by atoms with Gasteiger partial charge < -0.3 is 18.9 Å². The molecule has 2 fully saturated rings. The fraction of sp³-hybridized carbons (Fsp3) is 0.361. The highest BCUT2D eigenvalue weighted by atomic mass is 19.1. The number of rotatable bonds is 11. The van der Waals surface area contributed by atoms with Gasteiger partial charge >= 0.3 is 6.01 Å². The summed E-state index contributed by atoms with van der Waals surface area (Å²) >= 11 is 0. The summed E-state index contributed by atoms with van der Waals surface area (Å²) in [7, 11) is 1.50. The summed E-state index contributed by atoms with van der Waals surface area (Å²) in [5.41, 5.74) is 1.11. The van der Waals surface area contributed by atoms with Crippen molar-refractivity contribution >= 4 is 21.7 Å². The highest BCUT2D eigenvalue weighted by Gasteiger charge is 2.49. The van der Waals surface area contributed by atoms with Crippen LogP contribution in [-0.4, -0.2) is 65.2 Å². The predicted molar refractivity (Wildman–Crippen MR) is 171 cm³/mol. The minimum Gasteiger partial charge on any atom is -0.472 e. The van der Waals surface area contributed by atoms with Gasteiger partial charge in [0, 0.05) is 31.8 Å². The topological polar surface area (TPSA) is 78.8 Å². The minimum atomic E-state index is -0.927. The summed E-state index contributed by atoms with van der Waals surface area (Å²) in [6, 6.07) is 15.8. The summed E-state index contributed by atoms with van der Waals surface area (Å²) in [6.45, 7) is 3.32. The number of pyridine rings is 1. The van der Waals surface area contributed by atoms with Gasteiger partial charge in [-0.3, -0.25) is 9.88 Å². The van der Waals surface area contributed by atoms with Crippen LogP contribution in [0.25, 0.3) is 32.9 Å². The molecule has 3 aromatic carbocycles. The number of nitrogens with zero attached hydrogens (tertiary/aromatic N) is 4. The maximum absolute atomic E-state index is 16.9. The molecule has 7 rings (SSSR count). The van der Waals surface area contributed by atoms with Crippen molar-refractivity contribution < 1.29 is 32.1 Å². The van der Waals surface area contributed by atoms with Crippen LogP contribution >= 0.6 is 0 Å². The van der Waals surface area contributed by atoms with Crippen molar-refractivity contribution in [2.24, 2.45) is 0 Å². The second kappa shape index (κ2) is 13.0. The van der Waals surface area contributed by atoms with E-state index in [9.17, 15) is 4.39 Å². The smallest absolute Gasteiger partial charge is 0.320 e. The maximum Gasteiger partial charge on any atom is 0.320 e. The molecule has 4 heterocycles. The molecule has 47 heavy (non-hydrogen) atoms. The second-order valence-electron chi connectivity index (χ2n) is 12.1. The summed E-state index contributed by atoms with van der Waals surface area (Å²) in [4.78, 5) is 15.7. The van der Waals surface area contributed by atoms with E-state index in [0.29, 0.717) is 47.0 Å². The molecule has 2 saturated heterocycles. The van der Waals surface area contributed by atoms with Crippen molar-refractivity contribution in [2.75, 3.05) is 33.6 Å². The Morgan fingerprint density at radius 2 is 1.87 bits per heavy atom. The number of hydrogen-bond donors (Lipinski definition) is 0. The van der Waals surface area contributed by atoms with Crippen LogP contribution in [-0.2, 0) is 17.8 Å². The molecule has 0 N–H and O–H groups in total. The van der Waals surface area contributed by atoms with Crippen molar-refractivity contribution in [3.05, 3.63) is 83.6 Å². The summed E-state index contributed by atoms with van der Waals surface area (Å²) in [5.74, 6) is -0.637. The minimum absolute atomic E-state index is 0.0292. The predicted octanol–water partition coefficient (Wildman–Crippen LogP) is 7.20. The largest absolute Gasteiger partial charge is 0.472 e. The first kappa shape index (κ1) is 31.1. The van der Waals surface area contributed by atoms with E-state index in [1.807, 2.05) is 37.3 Å². The Morgan fingerprint density at radius 3 is 2.68 bits per heavy atom. The van der Waals surface area contributed by atoms with Gasteiger partial charge in [0.15, 0.2) is 12.6 Å². The van der Waals surface area contributed by atoms with Crippen molar-refractivity contribution in [1.82, 2.24) is 19.9 Å². The van der Waals surface area contributed by atoms with Crippen molar-refractivity contribution in [3.8, 4) is 28.9 Å². The summed E-state index contributed by atoms with van der Waals surface area (Å²) in [5, 5.41) is 1.43. The van der Waals surface area contributed by atoms with E-state index in [4.69, 9.17) is 18.9 Å². The quantitative estimate of drug-likeness (QED) is 0.140. The molecule has 2 aliphatic heterocycles. The van der Waals surface area contributed by atoms with Gasteiger partial charge in [0.25, 0.3) is 0 Å². The van der Waals surface area contributed by atoms with Gasteiger partial charge in [0.05, 0.1) is 10.9 Å². The molecule has 244 valence electrons. The molecule has 2 aliphatic rings. The van der Waals surface area contributed by atoms with Crippen LogP contribution in [0.2, 0.25) is 0 Å². The molecule has 0 bridgehead atoms. The highest BCUT2D eigenvalue weighted by Crippen LogP contribution is 2.42. The zero-order chi connectivity index (χ0) is 32.5. The van der Waals surface area contributed by atoms with Crippen molar-refractivity contribution in [3.63, 3.8) is 0 Å². The Hall–Kier alpha value is -4.48. The van der Waals surface area contributed by atoms with E-state index >= 15 is 8.78 Å². The molecule has 0 saturated carbocycles. The van der Waals surface area contributed by atoms with Crippen LogP contribution in [0.5, 0.6) is 17.6 Å². The molecule has 0 radical (unpaired) electrons. The molecule has 11 heteroatoms. The summed E-state index contributed by atoms with van der Waals surface area (Å²) < 4.78 is 69.5. The maximum atomic E-state index is 16.9. The molecule has 8 nitrogen and oxygen atoms in total. The zero-order valence-corrected chi connectivity index (χ0v) is 26.3. The van der Waals surface area contributed by atoms with Gasteiger partial charge in [0.1, 0.15) is 42.2 Å². The van der Waals surface area contributed by atoms with E-state index < -0.39 is 23.3 Å². The van der Waals surface area contributed by atoms with E-state index in [1.54, 1.807) is 18.2 Å². The molecule has 0 amide bonds. The number of alkyl halides is 1. The zero-order valence-electron chi connectivity index (χ0n) is 26.3. The lowest BCUT2D eigenvalue weighted by Crippen LogP contribution is -2.43. The molecule has 2 atom stereocenters. The Labute approximate surface area is 270 Å². The second-order valence-corrected chi connectivity index (χ2v) is 12.1. The van der Waals surface area contributed by atoms with Gasteiger partial charge in [-0.1, -0.05) is 43.3 Å². The Bertz CT molecular complexity index is 1930. The first-order chi connectivity index (χ1) is 22.9. The fourth-order valence-corrected chi connectivity index (χ4v) is 6.98. The molecular formula is C36H35F3N4O4. The van der Waals surface area contributed by atoms with Gasteiger partial charge in [-0.25, -0.2) is 13.2 Å². The van der Waals surface area contributed by atoms with Gasteiger partial charge in [0.2, 0.25) is 5.88 Å². The van der Waals surface area contributed by atoms with Crippen LogP contribution in [0.1, 0.15) is 37.3 Å². The molecular weight excluding hydrogens is 609 g/mol. The third-order valence-electron chi connectivity index (χ3n) is 9.17. The normalized spacial score (nSPS) is 19.4. The fourth-order valence-electron chi connectivity index (χ4n) is 6.98. The lowest BCUT2D eigenvalue weighted by Gasteiger charge is -2.30.